The highest BCUT2D eigenvalue weighted by molar-refractivity contribution is 6.32. The van der Waals surface area contributed by atoms with Crippen LogP contribution in [0.2, 0.25) is 5.22 Å². The topological polar surface area (TPSA) is 33.5 Å². The first kappa shape index (κ1) is 11.1. The number of halogens is 1. The number of carbonyl (C=O) groups excluding carboxylic acids is 1. The van der Waals surface area contributed by atoms with Crippen LogP contribution in [0.4, 0.5) is 0 Å². The van der Waals surface area contributed by atoms with E-state index in [-0.39, 0.29) is 11.1 Å². The minimum Gasteiger partial charge on any atom is -0.452 e. The van der Waals surface area contributed by atoms with E-state index in [0.29, 0.717) is 5.56 Å². The molecule has 0 N–H and O–H groups in total. The van der Waals surface area contributed by atoms with Gasteiger partial charge < -0.3 is 9.32 Å². The number of unbranched alkanes of at least 4 members (excludes halogenated alkanes) is 1. The summed E-state index contributed by atoms with van der Waals surface area (Å²) in [5.74, 6) is -0.0859. The zero-order valence-corrected chi connectivity index (χ0v) is 9.17. The lowest BCUT2D eigenvalue weighted by Gasteiger charge is -2.15. The van der Waals surface area contributed by atoms with Gasteiger partial charge in [-0.2, -0.15) is 0 Å². The van der Waals surface area contributed by atoms with Crippen LogP contribution in [0.15, 0.2) is 16.7 Å². The second-order valence-electron chi connectivity index (χ2n) is 3.19. The van der Waals surface area contributed by atoms with Crippen LogP contribution in [0.25, 0.3) is 0 Å². The summed E-state index contributed by atoms with van der Waals surface area (Å²) in [6, 6.07) is 1.59. The van der Waals surface area contributed by atoms with Crippen LogP contribution in [-0.2, 0) is 0 Å². The number of amides is 1. The van der Waals surface area contributed by atoms with Crippen molar-refractivity contribution in [1.29, 1.82) is 0 Å². The Bertz CT molecular complexity index is 309. The Morgan fingerprint density at radius 3 is 2.86 bits per heavy atom. The molecule has 3 nitrogen and oxygen atoms in total. The molecule has 1 amide bonds. The zero-order chi connectivity index (χ0) is 10.6. The highest BCUT2D eigenvalue weighted by Crippen LogP contribution is 2.18. The van der Waals surface area contributed by atoms with Gasteiger partial charge in [-0.15, -0.1) is 0 Å². The van der Waals surface area contributed by atoms with E-state index >= 15 is 0 Å². The minimum atomic E-state index is -0.0859. The van der Waals surface area contributed by atoms with E-state index in [2.05, 4.69) is 6.92 Å². The predicted octanol–water partition coefficient (Wildman–Crippen LogP) is 2.81. The van der Waals surface area contributed by atoms with Crippen molar-refractivity contribution in [3.63, 3.8) is 0 Å². The standard InChI is InChI=1S/C10H14ClNO2/c1-3-4-6-12(2)10(13)8-5-7-14-9(8)11/h5,7H,3-4,6H2,1-2H3. The third kappa shape index (κ3) is 2.51. The van der Waals surface area contributed by atoms with Crippen molar-refractivity contribution in [1.82, 2.24) is 4.90 Å². The van der Waals surface area contributed by atoms with Gasteiger partial charge in [0, 0.05) is 13.6 Å². The summed E-state index contributed by atoms with van der Waals surface area (Å²) in [5, 5.41) is 0.165. The molecule has 0 aliphatic rings. The van der Waals surface area contributed by atoms with Crippen molar-refractivity contribution in [3.8, 4) is 0 Å². The number of carbonyl (C=O) groups is 1. The van der Waals surface area contributed by atoms with Crippen molar-refractivity contribution >= 4 is 17.5 Å². The first-order chi connectivity index (χ1) is 6.66. The molecule has 0 bridgehead atoms. The fourth-order valence-electron chi connectivity index (χ4n) is 1.15. The molecule has 0 aromatic carbocycles. The summed E-state index contributed by atoms with van der Waals surface area (Å²) < 4.78 is 4.86. The fourth-order valence-corrected chi connectivity index (χ4v) is 1.34. The lowest BCUT2D eigenvalue weighted by molar-refractivity contribution is 0.0793. The molecule has 0 aliphatic heterocycles. The zero-order valence-electron chi connectivity index (χ0n) is 8.42. The molecule has 0 fully saturated rings. The van der Waals surface area contributed by atoms with E-state index in [9.17, 15) is 4.79 Å². The molecular weight excluding hydrogens is 202 g/mol. The molecule has 0 radical (unpaired) electrons. The molecule has 0 atom stereocenters. The summed E-state index contributed by atoms with van der Waals surface area (Å²) in [7, 11) is 1.77. The van der Waals surface area contributed by atoms with Crippen LogP contribution >= 0.6 is 11.6 Å². The van der Waals surface area contributed by atoms with Gasteiger partial charge in [0.1, 0.15) is 0 Å². The van der Waals surface area contributed by atoms with Gasteiger partial charge in [-0.05, 0) is 24.1 Å². The maximum Gasteiger partial charge on any atom is 0.258 e. The highest BCUT2D eigenvalue weighted by Gasteiger charge is 2.16. The van der Waals surface area contributed by atoms with Crippen LogP contribution in [0, 0.1) is 0 Å². The SMILES string of the molecule is CCCCN(C)C(=O)c1ccoc1Cl. The van der Waals surface area contributed by atoms with Crippen LogP contribution in [0.3, 0.4) is 0 Å². The van der Waals surface area contributed by atoms with Crippen molar-refractivity contribution in [2.24, 2.45) is 0 Å². The largest absolute Gasteiger partial charge is 0.452 e. The monoisotopic (exact) mass is 215 g/mol. The quantitative estimate of drug-likeness (QED) is 0.774. The molecule has 0 saturated heterocycles. The second-order valence-corrected chi connectivity index (χ2v) is 3.53. The number of furan rings is 1. The van der Waals surface area contributed by atoms with Crippen LogP contribution in [0.5, 0.6) is 0 Å². The van der Waals surface area contributed by atoms with Gasteiger partial charge in [0.05, 0.1) is 11.8 Å². The molecule has 1 rings (SSSR count). The number of hydrogen-bond donors (Lipinski definition) is 0. The lowest BCUT2D eigenvalue weighted by Crippen LogP contribution is -2.27. The lowest BCUT2D eigenvalue weighted by atomic mass is 10.2. The Labute approximate surface area is 88.6 Å². The van der Waals surface area contributed by atoms with E-state index in [1.54, 1.807) is 18.0 Å². The average Bonchev–Trinajstić information content (AvgIpc) is 2.59. The van der Waals surface area contributed by atoms with Gasteiger partial charge in [0.25, 0.3) is 5.91 Å². The third-order valence-electron chi connectivity index (χ3n) is 2.04. The van der Waals surface area contributed by atoms with Crippen LogP contribution in [-0.4, -0.2) is 24.4 Å². The molecule has 1 heterocycles. The van der Waals surface area contributed by atoms with Crippen LogP contribution < -0.4 is 0 Å². The first-order valence-electron chi connectivity index (χ1n) is 4.65. The third-order valence-corrected chi connectivity index (χ3v) is 2.33. The molecule has 4 heteroatoms. The smallest absolute Gasteiger partial charge is 0.258 e. The summed E-state index contributed by atoms with van der Waals surface area (Å²) in [5.41, 5.74) is 0.435. The summed E-state index contributed by atoms with van der Waals surface area (Å²) in [4.78, 5) is 13.4. The summed E-state index contributed by atoms with van der Waals surface area (Å²) in [6.07, 6.45) is 3.48. The Kier molecular flexibility index (Phi) is 4.01. The van der Waals surface area contributed by atoms with E-state index in [0.717, 1.165) is 19.4 Å². The van der Waals surface area contributed by atoms with E-state index in [1.165, 1.54) is 6.26 Å². The maximum absolute atomic E-state index is 11.7. The molecule has 0 saturated carbocycles. The summed E-state index contributed by atoms with van der Waals surface area (Å²) in [6.45, 7) is 2.83. The van der Waals surface area contributed by atoms with Crippen molar-refractivity contribution in [2.45, 2.75) is 19.8 Å². The van der Waals surface area contributed by atoms with E-state index in [1.807, 2.05) is 0 Å². The van der Waals surface area contributed by atoms with Gasteiger partial charge in [-0.1, -0.05) is 13.3 Å². The highest BCUT2D eigenvalue weighted by atomic mass is 35.5. The summed E-state index contributed by atoms with van der Waals surface area (Å²) >= 11 is 5.70. The first-order valence-corrected chi connectivity index (χ1v) is 5.03. The van der Waals surface area contributed by atoms with E-state index in [4.69, 9.17) is 16.0 Å². The van der Waals surface area contributed by atoms with Gasteiger partial charge in [0.2, 0.25) is 5.22 Å². The molecule has 0 spiro atoms. The molecular formula is C10H14ClNO2. The Morgan fingerprint density at radius 2 is 2.36 bits per heavy atom. The molecule has 14 heavy (non-hydrogen) atoms. The fraction of sp³-hybridized carbons (Fsp3) is 0.500. The van der Waals surface area contributed by atoms with Crippen molar-refractivity contribution in [3.05, 3.63) is 23.1 Å². The molecule has 0 unspecified atom stereocenters. The molecule has 1 aromatic rings. The number of rotatable bonds is 4. The van der Waals surface area contributed by atoms with Crippen molar-refractivity contribution in [2.75, 3.05) is 13.6 Å². The Balaban J connectivity index is 2.61. The Morgan fingerprint density at radius 1 is 1.64 bits per heavy atom. The van der Waals surface area contributed by atoms with E-state index < -0.39 is 0 Å². The van der Waals surface area contributed by atoms with Gasteiger partial charge in [-0.25, -0.2) is 0 Å². The molecule has 0 aliphatic carbocycles. The van der Waals surface area contributed by atoms with Gasteiger partial charge >= 0.3 is 0 Å². The van der Waals surface area contributed by atoms with Crippen LogP contribution in [0.1, 0.15) is 30.1 Å². The number of nitrogens with zero attached hydrogens (tertiary/aromatic N) is 1. The Hall–Kier alpha value is -0.960. The van der Waals surface area contributed by atoms with Gasteiger partial charge in [0.15, 0.2) is 0 Å². The molecule has 78 valence electrons. The van der Waals surface area contributed by atoms with Gasteiger partial charge in [-0.3, -0.25) is 4.79 Å². The molecule has 1 aromatic heterocycles. The average molecular weight is 216 g/mol. The predicted molar refractivity (Wildman–Crippen MR) is 55.6 cm³/mol. The minimum absolute atomic E-state index is 0.0859. The van der Waals surface area contributed by atoms with Crippen molar-refractivity contribution < 1.29 is 9.21 Å². The normalized spacial score (nSPS) is 10.2. The maximum atomic E-state index is 11.7. The number of hydrogen-bond acceptors (Lipinski definition) is 2. The second kappa shape index (κ2) is 5.05.